The second kappa shape index (κ2) is 7.92. The molecule has 1 heterocycles. The van der Waals surface area contributed by atoms with Gasteiger partial charge in [-0.15, -0.1) is 0 Å². The van der Waals surface area contributed by atoms with Crippen LogP contribution < -0.4 is 4.74 Å². The lowest BCUT2D eigenvalue weighted by Gasteiger charge is -2.25. The van der Waals surface area contributed by atoms with Gasteiger partial charge >= 0.3 is 0 Å². The van der Waals surface area contributed by atoms with E-state index in [1.54, 1.807) is 0 Å². The van der Waals surface area contributed by atoms with Gasteiger partial charge in [0, 0.05) is 24.6 Å². The minimum absolute atomic E-state index is 0.0903. The first-order valence-electron chi connectivity index (χ1n) is 9.18. The number of amides is 1. The van der Waals surface area contributed by atoms with Crippen LogP contribution in [-0.4, -0.2) is 34.6 Å². The Labute approximate surface area is 155 Å². The average Bonchev–Trinajstić information content (AvgIpc) is 3.12. The third-order valence-electron chi connectivity index (χ3n) is 5.09. The SMILES string of the molecule is CC(C)(O)[C@H]1CCN(C(=O)Cc2ccccc2OCc2ccccc2)C1. The number of carbonyl (C=O) groups is 1. The van der Waals surface area contributed by atoms with Crippen molar-refractivity contribution >= 4 is 5.91 Å². The zero-order valence-corrected chi connectivity index (χ0v) is 15.5. The molecule has 0 unspecified atom stereocenters. The van der Waals surface area contributed by atoms with Crippen LogP contribution >= 0.6 is 0 Å². The minimum atomic E-state index is -0.744. The predicted molar refractivity (Wildman–Crippen MR) is 102 cm³/mol. The zero-order valence-electron chi connectivity index (χ0n) is 15.5. The summed E-state index contributed by atoms with van der Waals surface area (Å²) in [4.78, 5) is 14.6. The number of likely N-dealkylation sites (tertiary alicyclic amines) is 1. The third-order valence-corrected chi connectivity index (χ3v) is 5.09. The van der Waals surface area contributed by atoms with Crippen molar-refractivity contribution in [3.8, 4) is 5.75 Å². The van der Waals surface area contributed by atoms with E-state index in [0.717, 1.165) is 23.3 Å². The molecule has 26 heavy (non-hydrogen) atoms. The molecule has 138 valence electrons. The Morgan fingerprint density at radius 3 is 2.54 bits per heavy atom. The van der Waals surface area contributed by atoms with Crippen molar-refractivity contribution in [1.29, 1.82) is 0 Å². The van der Waals surface area contributed by atoms with E-state index in [1.807, 2.05) is 73.3 Å². The van der Waals surface area contributed by atoms with Crippen LogP contribution in [0.5, 0.6) is 5.75 Å². The van der Waals surface area contributed by atoms with Gasteiger partial charge in [-0.3, -0.25) is 4.79 Å². The van der Waals surface area contributed by atoms with E-state index in [2.05, 4.69) is 0 Å². The Hall–Kier alpha value is -2.33. The summed E-state index contributed by atoms with van der Waals surface area (Å²) in [6.07, 6.45) is 1.17. The number of hydrogen-bond acceptors (Lipinski definition) is 3. The molecule has 0 radical (unpaired) electrons. The van der Waals surface area contributed by atoms with Gasteiger partial charge in [0.1, 0.15) is 12.4 Å². The minimum Gasteiger partial charge on any atom is -0.489 e. The van der Waals surface area contributed by atoms with Gasteiger partial charge < -0.3 is 14.7 Å². The van der Waals surface area contributed by atoms with E-state index in [4.69, 9.17) is 4.74 Å². The Balaban J connectivity index is 1.62. The predicted octanol–water partition coefficient (Wildman–Crippen LogP) is 3.43. The van der Waals surface area contributed by atoms with Crippen molar-refractivity contribution < 1.29 is 14.6 Å². The van der Waals surface area contributed by atoms with Crippen molar-refractivity contribution in [3.05, 3.63) is 65.7 Å². The lowest BCUT2D eigenvalue weighted by molar-refractivity contribution is -0.129. The molecule has 0 bridgehead atoms. The number of rotatable bonds is 6. The molecule has 1 fully saturated rings. The summed E-state index contributed by atoms with van der Waals surface area (Å²) in [5, 5.41) is 10.2. The van der Waals surface area contributed by atoms with Crippen LogP contribution in [0.2, 0.25) is 0 Å². The van der Waals surface area contributed by atoms with Gasteiger partial charge in [-0.2, -0.15) is 0 Å². The van der Waals surface area contributed by atoms with Crippen LogP contribution in [-0.2, 0) is 17.8 Å². The van der Waals surface area contributed by atoms with Crippen LogP contribution in [0, 0.1) is 5.92 Å². The maximum atomic E-state index is 12.7. The summed E-state index contributed by atoms with van der Waals surface area (Å²) in [5.74, 6) is 0.978. The Bertz CT molecular complexity index is 737. The summed E-state index contributed by atoms with van der Waals surface area (Å²) in [7, 11) is 0. The third kappa shape index (κ3) is 4.64. The summed E-state index contributed by atoms with van der Waals surface area (Å²) >= 11 is 0. The molecule has 0 saturated carbocycles. The normalized spacial score (nSPS) is 17.3. The molecule has 4 heteroatoms. The largest absolute Gasteiger partial charge is 0.489 e. The van der Waals surface area contributed by atoms with Crippen molar-refractivity contribution in [1.82, 2.24) is 4.90 Å². The van der Waals surface area contributed by atoms with Gasteiger partial charge in [-0.25, -0.2) is 0 Å². The maximum absolute atomic E-state index is 12.7. The molecule has 0 spiro atoms. The maximum Gasteiger partial charge on any atom is 0.227 e. The van der Waals surface area contributed by atoms with E-state index in [0.29, 0.717) is 26.1 Å². The molecular formula is C22H27NO3. The number of carbonyl (C=O) groups excluding carboxylic acids is 1. The second-order valence-corrected chi connectivity index (χ2v) is 7.54. The fourth-order valence-corrected chi connectivity index (χ4v) is 3.36. The fraction of sp³-hybridized carbons (Fsp3) is 0.409. The molecule has 0 aromatic heterocycles. The Morgan fingerprint density at radius 2 is 1.85 bits per heavy atom. The quantitative estimate of drug-likeness (QED) is 0.866. The van der Waals surface area contributed by atoms with E-state index in [-0.39, 0.29) is 11.8 Å². The van der Waals surface area contributed by atoms with Crippen LogP contribution in [0.3, 0.4) is 0 Å². The highest BCUT2D eigenvalue weighted by Crippen LogP contribution is 2.28. The smallest absolute Gasteiger partial charge is 0.227 e. The first-order valence-corrected chi connectivity index (χ1v) is 9.18. The van der Waals surface area contributed by atoms with Crippen molar-refractivity contribution in [2.75, 3.05) is 13.1 Å². The summed E-state index contributed by atoms with van der Waals surface area (Å²) in [5.41, 5.74) is 1.26. The molecule has 1 aliphatic heterocycles. The van der Waals surface area contributed by atoms with Crippen LogP contribution in [0.15, 0.2) is 54.6 Å². The zero-order chi connectivity index (χ0) is 18.6. The van der Waals surface area contributed by atoms with Crippen molar-refractivity contribution in [2.24, 2.45) is 5.92 Å². The molecule has 1 atom stereocenters. The highest BCUT2D eigenvalue weighted by Gasteiger charge is 2.35. The molecule has 1 aliphatic rings. The van der Waals surface area contributed by atoms with Crippen LogP contribution in [0.1, 0.15) is 31.4 Å². The number of nitrogens with zero attached hydrogens (tertiary/aromatic N) is 1. The first-order chi connectivity index (χ1) is 12.4. The highest BCUT2D eigenvalue weighted by molar-refractivity contribution is 5.79. The Kier molecular flexibility index (Phi) is 5.62. The first kappa shape index (κ1) is 18.5. The topological polar surface area (TPSA) is 49.8 Å². The molecule has 3 rings (SSSR count). The molecule has 1 N–H and O–H groups in total. The van der Waals surface area contributed by atoms with Gasteiger partial charge in [0.15, 0.2) is 0 Å². The summed E-state index contributed by atoms with van der Waals surface area (Å²) in [6, 6.07) is 17.7. The van der Waals surface area contributed by atoms with Gasteiger partial charge in [0.05, 0.1) is 12.0 Å². The number of benzene rings is 2. The molecule has 4 nitrogen and oxygen atoms in total. The van der Waals surface area contributed by atoms with Crippen LogP contribution in [0.4, 0.5) is 0 Å². The van der Waals surface area contributed by atoms with Gasteiger partial charge in [-0.05, 0) is 31.9 Å². The van der Waals surface area contributed by atoms with Gasteiger partial charge in [0.2, 0.25) is 5.91 Å². The summed E-state index contributed by atoms with van der Waals surface area (Å²) in [6.45, 7) is 5.45. The molecule has 2 aromatic carbocycles. The molecule has 1 amide bonds. The van der Waals surface area contributed by atoms with Crippen molar-refractivity contribution in [2.45, 2.75) is 38.9 Å². The lowest BCUT2D eigenvalue weighted by atomic mass is 9.90. The van der Waals surface area contributed by atoms with Crippen molar-refractivity contribution in [3.63, 3.8) is 0 Å². The molecular weight excluding hydrogens is 326 g/mol. The van der Waals surface area contributed by atoms with E-state index < -0.39 is 5.60 Å². The summed E-state index contributed by atoms with van der Waals surface area (Å²) < 4.78 is 5.95. The number of aliphatic hydroxyl groups is 1. The number of para-hydroxylation sites is 1. The van der Waals surface area contributed by atoms with E-state index in [1.165, 1.54) is 0 Å². The number of ether oxygens (including phenoxy) is 1. The monoisotopic (exact) mass is 353 g/mol. The van der Waals surface area contributed by atoms with Gasteiger partial charge in [-0.1, -0.05) is 48.5 Å². The van der Waals surface area contributed by atoms with Gasteiger partial charge in [0.25, 0.3) is 0 Å². The molecule has 0 aliphatic carbocycles. The average molecular weight is 353 g/mol. The Morgan fingerprint density at radius 1 is 1.15 bits per heavy atom. The second-order valence-electron chi connectivity index (χ2n) is 7.54. The fourth-order valence-electron chi connectivity index (χ4n) is 3.36. The molecule has 1 saturated heterocycles. The number of hydrogen-bond donors (Lipinski definition) is 1. The van der Waals surface area contributed by atoms with Crippen LogP contribution in [0.25, 0.3) is 0 Å². The van der Waals surface area contributed by atoms with E-state index >= 15 is 0 Å². The standard InChI is InChI=1S/C22H27NO3/c1-22(2,25)19-12-13-23(15-19)21(24)14-18-10-6-7-11-20(18)26-16-17-8-4-3-5-9-17/h3-11,19,25H,12-16H2,1-2H3/t19-/m0/s1. The highest BCUT2D eigenvalue weighted by atomic mass is 16.5. The van der Waals surface area contributed by atoms with E-state index in [9.17, 15) is 9.90 Å². The molecule has 2 aromatic rings. The lowest BCUT2D eigenvalue weighted by Crippen LogP contribution is -2.36.